The summed E-state index contributed by atoms with van der Waals surface area (Å²) in [5.74, 6) is -0.409. The molecule has 0 amide bonds. The summed E-state index contributed by atoms with van der Waals surface area (Å²) < 4.78 is 24.3. The van der Waals surface area contributed by atoms with Crippen LogP contribution in [0.25, 0.3) is 0 Å². The first-order valence-corrected chi connectivity index (χ1v) is 6.51. The number of carbonyl (C=O) groups is 1. The Kier molecular flexibility index (Phi) is 4.26. The maximum atomic E-state index is 14.2. The highest BCUT2D eigenvalue weighted by molar-refractivity contribution is 6.10. The van der Waals surface area contributed by atoms with Crippen molar-refractivity contribution >= 4 is 5.78 Å². The lowest BCUT2D eigenvalue weighted by Gasteiger charge is -2.11. The number of halogens is 1. The van der Waals surface area contributed by atoms with Crippen LogP contribution in [0.2, 0.25) is 0 Å². The molecule has 0 radical (unpaired) electrons. The molecule has 110 valence electrons. The summed E-state index contributed by atoms with van der Waals surface area (Å²) >= 11 is 0. The third-order valence-corrected chi connectivity index (χ3v) is 3.36. The fourth-order valence-electron chi connectivity index (χ4n) is 2.15. The summed E-state index contributed by atoms with van der Waals surface area (Å²) in [4.78, 5) is 12.6. The SMILES string of the molecule is COc1cc(F)c(C(=O)c2cc(C)ccc2C)cc1OC. The molecule has 0 heterocycles. The first kappa shape index (κ1) is 15.0. The Morgan fingerprint density at radius 1 is 0.952 bits per heavy atom. The molecule has 2 rings (SSSR count). The lowest BCUT2D eigenvalue weighted by molar-refractivity contribution is 0.103. The summed E-state index contributed by atoms with van der Waals surface area (Å²) in [6, 6.07) is 8.06. The van der Waals surface area contributed by atoms with E-state index in [4.69, 9.17) is 9.47 Å². The maximum absolute atomic E-state index is 14.2. The summed E-state index contributed by atoms with van der Waals surface area (Å²) in [6.45, 7) is 3.71. The molecule has 0 bridgehead atoms. The van der Waals surface area contributed by atoms with Crippen molar-refractivity contribution in [1.82, 2.24) is 0 Å². The van der Waals surface area contributed by atoms with Crippen LogP contribution in [0.3, 0.4) is 0 Å². The number of hydrogen-bond donors (Lipinski definition) is 0. The van der Waals surface area contributed by atoms with Crippen LogP contribution in [-0.2, 0) is 0 Å². The van der Waals surface area contributed by atoms with Crippen molar-refractivity contribution in [2.75, 3.05) is 14.2 Å². The van der Waals surface area contributed by atoms with Gasteiger partial charge in [-0.05, 0) is 31.5 Å². The van der Waals surface area contributed by atoms with Crippen molar-refractivity contribution in [3.05, 3.63) is 58.4 Å². The highest BCUT2D eigenvalue weighted by atomic mass is 19.1. The second-order valence-corrected chi connectivity index (χ2v) is 4.83. The molecule has 3 nitrogen and oxygen atoms in total. The fourth-order valence-corrected chi connectivity index (χ4v) is 2.15. The molecule has 0 atom stereocenters. The van der Waals surface area contributed by atoms with E-state index in [1.807, 2.05) is 26.0 Å². The Morgan fingerprint density at radius 3 is 2.19 bits per heavy atom. The Labute approximate surface area is 123 Å². The Balaban J connectivity index is 2.55. The van der Waals surface area contributed by atoms with E-state index in [0.29, 0.717) is 11.3 Å². The molecular formula is C17H17FO3. The number of benzene rings is 2. The number of aryl methyl sites for hydroxylation is 2. The van der Waals surface area contributed by atoms with Crippen LogP contribution in [-0.4, -0.2) is 20.0 Å². The molecule has 21 heavy (non-hydrogen) atoms. The van der Waals surface area contributed by atoms with E-state index in [2.05, 4.69) is 0 Å². The third kappa shape index (κ3) is 2.89. The summed E-state index contributed by atoms with van der Waals surface area (Å²) in [7, 11) is 2.87. The maximum Gasteiger partial charge on any atom is 0.196 e. The van der Waals surface area contributed by atoms with Gasteiger partial charge in [0.25, 0.3) is 0 Å². The van der Waals surface area contributed by atoms with Crippen LogP contribution in [0, 0.1) is 19.7 Å². The fraction of sp³-hybridized carbons (Fsp3) is 0.235. The van der Waals surface area contributed by atoms with Crippen molar-refractivity contribution in [1.29, 1.82) is 0 Å². The summed E-state index contributed by atoms with van der Waals surface area (Å²) in [5.41, 5.74) is 2.21. The van der Waals surface area contributed by atoms with Gasteiger partial charge < -0.3 is 9.47 Å². The van der Waals surface area contributed by atoms with Gasteiger partial charge in [-0.3, -0.25) is 4.79 Å². The number of hydrogen-bond acceptors (Lipinski definition) is 3. The molecule has 0 N–H and O–H groups in total. The third-order valence-electron chi connectivity index (χ3n) is 3.36. The number of rotatable bonds is 4. The Hall–Kier alpha value is -2.36. The van der Waals surface area contributed by atoms with Crippen LogP contribution in [0.5, 0.6) is 11.5 Å². The van der Waals surface area contributed by atoms with Crippen LogP contribution < -0.4 is 9.47 Å². The van der Waals surface area contributed by atoms with E-state index in [0.717, 1.165) is 17.2 Å². The minimum absolute atomic E-state index is 0.0265. The first-order chi connectivity index (χ1) is 9.97. The van der Waals surface area contributed by atoms with Gasteiger partial charge in [0, 0.05) is 11.6 Å². The molecule has 0 fully saturated rings. The highest BCUT2D eigenvalue weighted by Gasteiger charge is 2.19. The molecule has 0 unspecified atom stereocenters. The van der Waals surface area contributed by atoms with E-state index in [9.17, 15) is 9.18 Å². The van der Waals surface area contributed by atoms with Crippen molar-refractivity contribution in [2.45, 2.75) is 13.8 Å². The molecule has 0 aromatic heterocycles. The molecule has 0 saturated carbocycles. The second-order valence-electron chi connectivity index (χ2n) is 4.83. The zero-order valence-electron chi connectivity index (χ0n) is 12.5. The van der Waals surface area contributed by atoms with Crippen LogP contribution >= 0.6 is 0 Å². The van der Waals surface area contributed by atoms with Gasteiger partial charge in [0.05, 0.1) is 19.8 Å². The van der Waals surface area contributed by atoms with E-state index < -0.39 is 5.82 Å². The topological polar surface area (TPSA) is 35.5 Å². The summed E-state index contributed by atoms with van der Waals surface area (Å²) in [5, 5.41) is 0. The number of carbonyl (C=O) groups excluding carboxylic acids is 1. The van der Waals surface area contributed by atoms with E-state index >= 15 is 0 Å². The van der Waals surface area contributed by atoms with Crippen molar-refractivity contribution < 1.29 is 18.7 Å². The molecular weight excluding hydrogens is 271 g/mol. The van der Waals surface area contributed by atoms with Crippen LogP contribution in [0.1, 0.15) is 27.0 Å². The number of ether oxygens (including phenoxy) is 2. The van der Waals surface area contributed by atoms with Crippen molar-refractivity contribution in [3.8, 4) is 11.5 Å². The lowest BCUT2D eigenvalue weighted by atomic mass is 9.96. The lowest BCUT2D eigenvalue weighted by Crippen LogP contribution is -2.08. The van der Waals surface area contributed by atoms with Gasteiger partial charge in [0.2, 0.25) is 0 Å². The molecule has 0 aliphatic heterocycles. The van der Waals surface area contributed by atoms with E-state index in [-0.39, 0.29) is 17.1 Å². The van der Waals surface area contributed by atoms with Crippen LogP contribution in [0.15, 0.2) is 30.3 Å². The quantitative estimate of drug-likeness (QED) is 0.805. The molecule has 0 aliphatic rings. The van der Waals surface area contributed by atoms with Crippen LogP contribution in [0.4, 0.5) is 4.39 Å². The minimum Gasteiger partial charge on any atom is -0.493 e. The molecule has 2 aromatic rings. The smallest absolute Gasteiger partial charge is 0.196 e. The van der Waals surface area contributed by atoms with E-state index in [1.54, 1.807) is 6.07 Å². The monoisotopic (exact) mass is 288 g/mol. The van der Waals surface area contributed by atoms with Gasteiger partial charge in [-0.1, -0.05) is 17.7 Å². The summed E-state index contributed by atoms with van der Waals surface area (Å²) in [6.07, 6.45) is 0. The molecule has 4 heteroatoms. The molecule has 0 saturated heterocycles. The zero-order chi connectivity index (χ0) is 15.6. The predicted molar refractivity (Wildman–Crippen MR) is 78.9 cm³/mol. The predicted octanol–water partition coefficient (Wildman–Crippen LogP) is 3.69. The molecule has 0 aliphatic carbocycles. The number of ketones is 1. The van der Waals surface area contributed by atoms with Gasteiger partial charge in [-0.25, -0.2) is 4.39 Å². The largest absolute Gasteiger partial charge is 0.493 e. The van der Waals surface area contributed by atoms with E-state index in [1.165, 1.54) is 20.3 Å². The molecule has 2 aromatic carbocycles. The average Bonchev–Trinajstić information content (AvgIpc) is 2.48. The minimum atomic E-state index is -0.626. The number of methoxy groups -OCH3 is 2. The standard InChI is InChI=1S/C17H17FO3/c1-10-5-6-11(2)12(7-10)17(19)13-8-15(20-3)16(21-4)9-14(13)18/h5-9H,1-4H3. The van der Waals surface area contributed by atoms with Gasteiger partial charge in [0.15, 0.2) is 17.3 Å². The van der Waals surface area contributed by atoms with Crippen molar-refractivity contribution in [3.63, 3.8) is 0 Å². The average molecular weight is 288 g/mol. The van der Waals surface area contributed by atoms with Gasteiger partial charge in [-0.15, -0.1) is 0 Å². The van der Waals surface area contributed by atoms with Crippen molar-refractivity contribution in [2.24, 2.45) is 0 Å². The first-order valence-electron chi connectivity index (χ1n) is 6.51. The second kappa shape index (κ2) is 5.95. The van der Waals surface area contributed by atoms with Gasteiger partial charge >= 0.3 is 0 Å². The zero-order valence-corrected chi connectivity index (χ0v) is 12.5. The molecule has 0 spiro atoms. The Morgan fingerprint density at radius 2 is 1.57 bits per heavy atom. The van der Waals surface area contributed by atoms with Gasteiger partial charge in [-0.2, -0.15) is 0 Å². The Bertz CT molecular complexity index is 693. The normalized spacial score (nSPS) is 10.3. The highest BCUT2D eigenvalue weighted by Crippen LogP contribution is 2.31. The van der Waals surface area contributed by atoms with Gasteiger partial charge in [0.1, 0.15) is 5.82 Å².